The van der Waals surface area contributed by atoms with E-state index in [2.05, 4.69) is 30.9 Å². The van der Waals surface area contributed by atoms with Gasteiger partial charge < -0.3 is 20.7 Å². The maximum absolute atomic E-state index is 10.3. The van der Waals surface area contributed by atoms with Crippen LogP contribution in [0.5, 0.6) is 0 Å². The van der Waals surface area contributed by atoms with Gasteiger partial charge in [0.25, 0.3) is 0 Å². The Kier molecular flexibility index (Phi) is 4.03. The Labute approximate surface area is 152 Å². The van der Waals surface area contributed by atoms with E-state index in [9.17, 15) is 5.11 Å². The van der Waals surface area contributed by atoms with Crippen LogP contribution < -0.4 is 10.6 Å². The quantitative estimate of drug-likeness (QED) is 0.669. The van der Waals surface area contributed by atoms with Crippen LogP contribution in [-0.2, 0) is 0 Å². The maximum atomic E-state index is 10.3. The highest BCUT2D eigenvalue weighted by Crippen LogP contribution is 2.37. The summed E-state index contributed by atoms with van der Waals surface area (Å²) in [5.41, 5.74) is 8.86. The van der Waals surface area contributed by atoms with Crippen LogP contribution in [0.2, 0.25) is 0 Å². The minimum absolute atomic E-state index is 0.258. The van der Waals surface area contributed by atoms with Crippen LogP contribution in [0.3, 0.4) is 0 Å². The topological polar surface area (TPSA) is 104 Å². The first kappa shape index (κ1) is 16.8. The van der Waals surface area contributed by atoms with Crippen LogP contribution in [0.25, 0.3) is 22.3 Å². The molecule has 0 bridgehead atoms. The van der Waals surface area contributed by atoms with Crippen molar-refractivity contribution in [2.24, 2.45) is 5.92 Å². The van der Waals surface area contributed by atoms with E-state index in [1.165, 1.54) is 0 Å². The number of fused-ring (bicyclic) bond motifs is 1. The lowest BCUT2D eigenvalue weighted by atomic mass is 9.83. The number of H-pyrrole nitrogens is 1. The van der Waals surface area contributed by atoms with E-state index >= 15 is 0 Å². The highest BCUT2D eigenvalue weighted by Gasteiger charge is 2.31. The standard InChI is InChI=1S/C19H24N6O/c1-19(2,26)12-5-9-25(10-6-12)15-4-8-21-17-16(15)13(11-23-17)14-3-7-22-18(20)24-14/h3-4,7-8,11-12,26H,5-6,9-10H2,1-2H3,(H,21,23)(H2,20,22,24). The van der Waals surface area contributed by atoms with E-state index in [1.54, 1.807) is 6.20 Å². The first-order chi connectivity index (χ1) is 12.4. The molecule has 0 radical (unpaired) electrons. The predicted octanol–water partition coefficient (Wildman–Crippen LogP) is 2.59. The van der Waals surface area contributed by atoms with Crippen molar-refractivity contribution in [1.82, 2.24) is 19.9 Å². The van der Waals surface area contributed by atoms with Crippen molar-refractivity contribution in [1.29, 1.82) is 0 Å². The normalized spacial score (nSPS) is 16.3. The predicted molar refractivity (Wildman–Crippen MR) is 103 cm³/mol. The fraction of sp³-hybridized carbons (Fsp3) is 0.421. The van der Waals surface area contributed by atoms with Gasteiger partial charge in [0.15, 0.2) is 0 Å². The Morgan fingerprint density at radius 1 is 1.19 bits per heavy atom. The summed E-state index contributed by atoms with van der Waals surface area (Å²) in [6, 6.07) is 3.91. The highest BCUT2D eigenvalue weighted by atomic mass is 16.3. The van der Waals surface area contributed by atoms with E-state index < -0.39 is 5.60 Å². The number of aliphatic hydroxyl groups is 1. The average Bonchev–Trinajstić information content (AvgIpc) is 3.05. The van der Waals surface area contributed by atoms with Gasteiger partial charge in [0, 0.05) is 42.9 Å². The van der Waals surface area contributed by atoms with E-state index in [0.29, 0.717) is 5.92 Å². The van der Waals surface area contributed by atoms with Gasteiger partial charge in [-0.3, -0.25) is 0 Å². The van der Waals surface area contributed by atoms with Crippen LogP contribution in [0, 0.1) is 5.92 Å². The summed E-state index contributed by atoms with van der Waals surface area (Å²) < 4.78 is 0. The summed E-state index contributed by atoms with van der Waals surface area (Å²) in [5, 5.41) is 11.3. The number of nitrogens with one attached hydrogen (secondary N) is 1. The molecule has 7 nitrogen and oxygen atoms in total. The molecule has 1 aliphatic rings. The molecule has 0 saturated carbocycles. The van der Waals surface area contributed by atoms with Crippen molar-refractivity contribution >= 4 is 22.7 Å². The summed E-state index contributed by atoms with van der Waals surface area (Å²) in [7, 11) is 0. The van der Waals surface area contributed by atoms with Gasteiger partial charge in [-0.25, -0.2) is 15.0 Å². The molecule has 1 fully saturated rings. The number of aromatic amines is 1. The van der Waals surface area contributed by atoms with Crippen LogP contribution in [0.15, 0.2) is 30.7 Å². The molecule has 0 spiro atoms. The Hall–Kier alpha value is -2.67. The number of piperidine rings is 1. The monoisotopic (exact) mass is 352 g/mol. The molecule has 0 atom stereocenters. The van der Waals surface area contributed by atoms with Crippen LogP contribution >= 0.6 is 0 Å². The molecule has 3 aromatic rings. The lowest BCUT2D eigenvalue weighted by molar-refractivity contribution is 0.00653. The van der Waals surface area contributed by atoms with E-state index in [-0.39, 0.29) is 5.95 Å². The highest BCUT2D eigenvalue weighted by molar-refractivity contribution is 6.02. The Morgan fingerprint density at radius 3 is 2.62 bits per heavy atom. The number of pyridine rings is 1. The lowest BCUT2D eigenvalue weighted by Crippen LogP contribution is -2.42. The van der Waals surface area contributed by atoms with Crippen molar-refractivity contribution < 1.29 is 5.11 Å². The van der Waals surface area contributed by atoms with E-state index in [1.807, 2.05) is 32.3 Å². The molecule has 3 aromatic heterocycles. The van der Waals surface area contributed by atoms with Gasteiger partial charge in [-0.05, 0) is 44.7 Å². The SMILES string of the molecule is CC(C)(O)C1CCN(c2ccnc3[nH]cc(-c4ccnc(N)n4)c23)CC1. The zero-order chi connectivity index (χ0) is 18.3. The molecule has 1 saturated heterocycles. The third kappa shape index (κ3) is 2.99. The zero-order valence-corrected chi connectivity index (χ0v) is 15.1. The second-order valence-electron chi connectivity index (χ2n) is 7.47. The van der Waals surface area contributed by atoms with Crippen molar-refractivity contribution in [3.05, 3.63) is 30.7 Å². The minimum atomic E-state index is -0.628. The van der Waals surface area contributed by atoms with E-state index in [0.717, 1.165) is 53.9 Å². The molecule has 4 N–H and O–H groups in total. The van der Waals surface area contributed by atoms with Gasteiger partial charge in [-0.15, -0.1) is 0 Å². The average molecular weight is 352 g/mol. The Morgan fingerprint density at radius 2 is 1.92 bits per heavy atom. The van der Waals surface area contributed by atoms with Gasteiger partial charge in [0.1, 0.15) is 5.65 Å². The smallest absolute Gasteiger partial charge is 0.220 e. The number of hydrogen-bond donors (Lipinski definition) is 3. The summed E-state index contributed by atoms with van der Waals surface area (Å²) >= 11 is 0. The summed E-state index contributed by atoms with van der Waals surface area (Å²) in [6.45, 7) is 5.62. The molecule has 1 aliphatic heterocycles. The van der Waals surface area contributed by atoms with Crippen LogP contribution in [0.4, 0.5) is 11.6 Å². The zero-order valence-electron chi connectivity index (χ0n) is 15.1. The lowest BCUT2D eigenvalue weighted by Gasteiger charge is -2.39. The number of nitrogens with zero attached hydrogens (tertiary/aromatic N) is 4. The molecule has 0 aliphatic carbocycles. The number of nitrogens with two attached hydrogens (primary N) is 1. The largest absolute Gasteiger partial charge is 0.390 e. The first-order valence-corrected chi connectivity index (χ1v) is 8.96. The molecule has 0 aromatic carbocycles. The van der Waals surface area contributed by atoms with E-state index in [4.69, 9.17) is 5.73 Å². The third-order valence-electron chi connectivity index (χ3n) is 5.34. The molecule has 0 unspecified atom stereocenters. The number of aromatic nitrogens is 4. The van der Waals surface area contributed by atoms with Crippen molar-refractivity contribution in [3.63, 3.8) is 0 Å². The fourth-order valence-electron chi connectivity index (χ4n) is 3.86. The molecule has 7 heteroatoms. The molecular formula is C19H24N6O. The number of nitrogen functional groups attached to an aromatic ring is 1. The van der Waals surface area contributed by atoms with Gasteiger partial charge >= 0.3 is 0 Å². The minimum Gasteiger partial charge on any atom is -0.390 e. The first-order valence-electron chi connectivity index (χ1n) is 8.96. The molecule has 0 amide bonds. The molecule has 136 valence electrons. The molecule has 4 rings (SSSR count). The van der Waals surface area contributed by atoms with Crippen LogP contribution in [0.1, 0.15) is 26.7 Å². The van der Waals surface area contributed by atoms with Crippen molar-refractivity contribution in [2.45, 2.75) is 32.3 Å². The Balaban J connectivity index is 1.72. The second kappa shape index (κ2) is 6.25. The summed E-state index contributed by atoms with van der Waals surface area (Å²) in [5.74, 6) is 0.580. The number of anilines is 2. The molecule has 4 heterocycles. The number of hydrogen-bond acceptors (Lipinski definition) is 6. The maximum Gasteiger partial charge on any atom is 0.220 e. The van der Waals surface area contributed by atoms with Crippen molar-refractivity contribution in [3.8, 4) is 11.3 Å². The Bertz CT molecular complexity index is 921. The number of rotatable bonds is 3. The molecular weight excluding hydrogens is 328 g/mol. The molecule has 26 heavy (non-hydrogen) atoms. The van der Waals surface area contributed by atoms with Gasteiger partial charge in [0.2, 0.25) is 5.95 Å². The van der Waals surface area contributed by atoms with Gasteiger partial charge in [0.05, 0.1) is 16.7 Å². The third-order valence-corrected chi connectivity index (χ3v) is 5.34. The fourth-order valence-corrected chi connectivity index (χ4v) is 3.86. The van der Waals surface area contributed by atoms with Crippen molar-refractivity contribution in [2.75, 3.05) is 23.7 Å². The second-order valence-corrected chi connectivity index (χ2v) is 7.47. The van der Waals surface area contributed by atoms with Gasteiger partial charge in [-0.1, -0.05) is 0 Å². The van der Waals surface area contributed by atoms with Crippen LogP contribution in [-0.4, -0.2) is 43.7 Å². The summed E-state index contributed by atoms with van der Waals surface area (Å²) in [4.78, 5) is 18.4. The van der Waals surface area contributed by atoms with Gasteiger partial charge in [-0.2, -0.15) is 0 Å². The summed E-state index contributed by atoms with van der Waals surface area (Å²) in [6.07, 6.45) is 7.35.